The summed E-state index contributed by atoms with van der Waals surface area (Å²) in [5.41, 5.74) is 0.922. The molecule has 0 aliphatic carbocycles. The molecule has 0 unspecified atom stereocenters. The standard InChI is InChI=1S/C15H19N5O2S/c1-20-15(17-18-19-20)23-13(11-6-3-2-4-7-11)14(21)16-10-12-8-5-9-22-12/h2-4,6-7,12-13H,5,8-10H2,1H3,(H,16,21)/t12-,13+/m1/s1. The third kappa shape index (κ3) is 4.08. The zero-order valence-electron chi connectivity index (χ0n) is 12.9. The van der Waals surface area contributed by atoms with Gasteiger partial charge in [0.2, 0.25) is 11.1 Å². The van der Waals surface area contributed by atoms with Crippen LogP contribution in [0.2, 0.25) is 0 Å². The first-order valence-corrected chi connectivity index (χ1v) is 8.45. The van der Waals surface area contributed by atoms with Crippen molar-refractivity contribution in [2.75, 3.05) is 13.2 Å². The molecule has 1 N–H and O–H groups in total. The van der Waals surface area contributed by atoms with Crippen molar-refractivity contribution >= 4 is 17.7 Å². The number of aryl methyl sites for hydroxylation is 1. The van der Waals surface area contributed by atoms with Gasteiger partial charge in [-0.2, -0.15) is 0 Å². The van der Waals surface area contributed by atoms with E-state index in [1.165, 1.54) is 11.8 Å². The Hall–Kier alpha value is -1.93. The highest BCUT2D eigenvalue weighted by molar-refractivity contribution is 8.00. The molecular formula is C15H19N5O2S. The molecule has 1 aliphatic heterocycles. The summed E-state index contributed by atoms with van der Waals surface area (Å²) < 4.78 is 7.12. The third-order valence-electron chi connectivity index (χ3n) is 3.67. The maximum absolute atomic E-state index is 12.7. The van der Waals surface area contributed by atoms with Crippen molar-refractivity contribution in [1.29, 1.82) is 0 Å². The first kappa shape index (κ1) is 15.9. The molecule has 7 nitrogen and oxygen atoms in total. The largest absolute Gasteiger partial charge is 0.376 e. The van der Waals surface area contributed by atoms with E-state index in [0.29, 0.717) is 11.7 Å². The summed E-state index contributed by atoms with van der Waals surface area (Å²) in [4.78, 5) is 12.7. The van der Waals surface area contributed by atoms with Crippen LogP contribution < -0.4 is 5.32 Å². The van der Waals surface area contributed by atoms with Crippen molar-refractivity contribution in [2.24, 2.45) is 7.05 Å². The van der Waals surface area contributed by atoms with Crippen LogP contribution in [0, 0.1) is 0 Å². The zero-order chi connectivity index (χ0) is 16.1. The topological polar surface area (TPSA) is 81.9 Å². The van der Waals surface area contributed by atoms with E-state index in [0.717, 1.165) is 25.0 Å². The Morgan fingerprint density at radius 2 is 2.30 bits per heavy atom. The lowest BCUT2D eigenvalue weighted by Gasteiger charge is -2.17. The number of ether oxygens (including phenoxy) is 1. The molecular weight excluding hydrogens is 314 g/mol. The summed E-state index contributed by atoms with van der Waals surface area (Å²) in [7, 11) is 1.76. The Morgan fingerprint density at radius 3 is 2.96 bits per heavy atom. The van der Waals surface area contributed by atoms with Crippen molar-refractivity contribution in [3.05, 3.63) is 35.9 Å². The number of nitrogens with one attached hydrogen (secondary N) is 1. The van der Waals surface area contributed by atoms with Gasteiger partial charge in [0, 0.05) is 20.2 Å². The quantitative estimate of drug-likeness (QED) is 0.803. The SMILES string of the molecule is Cn1nnnc1S[C@H](C(=O)NC[C@H]1CCCO1)c1ccccc1. The van der Waals surface area contributed by atoms with Crippen LogP contribution in [-0.4, -0.2) is 45.4 Å². The zero-order valence-corrected chi connectivity index (χ0v) is 13.7. The van der Waals surface area contributed by atoms with Crippen LogP contribution in [0.25, 0.3) is 0 Å². The minimum Gasteiger partial charge on any atom is -0.376 e. The number of rotatable bonds is 6. The van der Waals surface area contributed by atoms with Gasteiger partial charge in [-0.25, -0.2) is 4.68 Å². The summed E-state index contributed by atoms with van der Waals surface area (Å²) in [6, 6.07) is 9.65. The molecule has 2 heterocycles. The molecule has 122 valence electrons. The van der Waals surface area contributed by atoms with Gasteiger partial charge in [-0.1, -0.05) is 42.1 Å². The number of aromatic nitrogens is 4. The Kier molecular flexibility index (Phi) is 5.24. The van der Waals surface area contributed by atoms with Gasteiger partial charge in [-0.3, -0.25) is 4.79 Å². The van der Waals surface area contributed by atoms with Gasteiger partial charge in [0.05, 0.1) is 6.10 Å². The Bertz CT molecular complexity index is 642. The fourth-order valence-electron chi connectivity index (χ4n) is 2.44. The van der Waals surface area contributed by atoms with Gasteiger partial charge in [0.1, 0.15) is 5.25 Å². The number of carbonyl (C=O) groups is 1. The lowest BCUT2D eigenvalue weighted by molar-refractivity contribution is -0.121. The van der Waals surface area contributed by atoms with E-state index in [2.05, 4.69) is 20.8 Å². The molecule has 1 saturated heterocycles. The number of thioether (sulfide) groups is 1. The van der Waals surface area contributed by atoms with Gasteiger partial charge >= 0.3 is 0 Å². The van der Waals surface area contributed by atoms with Crippen molar-refractivity contribution in [3.8, 4) is 0 Å². The normalized spacial score (nSPS) is 18.7. The average molecular weight is 333 g/mol. The summed E-state index contributed by atoms with van der Waals surface area (Å²) in [6.07, 6.45) is 2.18. The fraction of sp³-hybridized carbons (Fsp3) is 0.467. The molecule has 0 radical (unpaired) electrons. The molecule has 1 fully saturated rings. The Morgan fingerprint density at radius 1 is 1.48 bits per heavy atom. The van der Waals surface area contributed by atoms with Gasteiger partial charge in [0.25, 0.3) is 0 Å². The lowest BCUT2D eigenvalue weighted by atomic mass is 10.1. The number of carbonyl (C=O) groups excluding carboxylic acids is 1. The molecule has 1 amide bonds. The second-order valence-electron chi connectivity index (χ2n) is 5.37. The number of hydrogen-bond acceptors (Lipinski definition) is 6. The minimum atomic E-state index is -0.401. The number of hydrogen-bond donors (Lipinski definition) is 1. The Labute approximate surface area is 138 Å². The number of benzene rings is 1. The van der Waals surface area contributed by atoms with Crippen LogP contribution >= 0.6 is 11.8 Å². The van der Waals surface area contributed by atoms with Crippen LogP contribution in [0.15, 0.2) is 35.5 Å². The van der Waals surface area contributed by atoms with E-state index >= 15 is 0 Å². The maximum Gasteiger partial charge on any atom is 0.238 e. The van der Waals surface area contributed by atoms with E-state index in [1.807, 2.05) is 30.3 Å². The number of nitrogens with zero attached hydrogens (tertiary/aromatic N) is 4. The van der Waals surface area contributed by atoms with Gasteiger partial charge in [-0.15, -0.1) is 5.10 Å². The van der Waals surface area contributed by atoms with Crippen LogP contribution in [0.3, 0.4) is 0 Å². The molecule has 8 heteroatoms. The van der Waals surface area contributed by atoms with E-state index < -0.39 is 5.25 Å². The summed E-state index contributed by atoms with van der Waals surface area (Å²) in [5.74, 6) is -0.0558. The maximum atomic E-state index is 12.7. The van der Waals surface area contributed by atoms with E-state index in [1.54, 1.807) is 11.7 Å². The molecule has 2 aromatic rings. The predicted octanol–water partition coefficient (Wildman–Crippen LogP) is 1.34. The van der Waals surface area contributed by atoms with Crippen LogP contribution in [0.4, 0.5) is 0 Å². The monoisotopic (exact) mass is 333 g/mol. The molecule has 1 aromatic carbocycles. The molecule has 23 heavy (non-hydrogen) atoms. The molecule has 2 atom stereocenters. The van der Waals surface area contributed by atoms with Crippen LogP contribution in [-0.2, 0) is 16.6 Å². The van der Waals surface area contributed by atoms with Crippen LogP contribution in [0.5, 0.6) is 0 Å². The highest BCUT2D eigenvalue weighted by Crippen LogP contribution is 2.33. The average Bonchev–Trinajstić information content (AvgIpc) is 3.23. The van der Waals surface area contributed by atoms with Crippen molar-refractivity contribution in [2.45, 2.75) is 29.4 Å². The summed E-state index contributed by atoms with van der Waals surface area (Å²) in [5, 5.41) is 14.6. The minimum absolute atomic E-state index is 0.0558. The number of amides is 1. The smallest absolute Gasteiger partial charge is 0.238 e. The van der Waals surface area contributed by atoms with Gasteiger partial charge in [0.15, 0.2) is 0 Å². The highest BCUT2D eigenvalue weighted by Gasteiger charge is 2.25. The predicted molar refractivity (Wildman–Crippen MR) is 85.8 cm³/mol. The van der Waals surface area contributed by atoms with Crippen molar-refractivity contribution in [1.82, 2.24) is 25.5 Å². The van der Waals surface area contributed by atoms with E-state index in [-0.39, 0.29) is 12.0 Å². The first-order valence-electron chi connectivity index (χ1n) is 7.57. The lowest BCUT2D eigenvalue weighted by Crippen LogP contribution is -2.34. The fourth-order valence-corrected chi connectivity index (χ4v) is 3.41. The molecule has 3 rings (SSSR count). The van der Waals surface area contributed by atoms with Crippen LogP contribution in [0.1, 0.15) is 23.7 Å². The van der Waals surface area contributed by atoms with Gasteiger partial charge in [-0.05, 0) is 28.8 Å². The number of tetrazole rings is 1. The summed E-state index contributed by atoms with van der Waals surface area (Å²) >= 11 is 1.34. The highest BCUT2D eigenvalue weighted by atomic mass is 32.2. The molecule has 0 bridgehead atoms. The van der Waals surface area contributed by atoms with E-state index in [9.17, 15) is 4.79 Å². The van der Waals surface area contributed by atoms with Gasteiger partial charge < -0.3 is 10.1 Å². The molecule has 1 aliphatic rings. The molecule has 0 spiro atoms. The molecule has 0 saturated carbocycles. The van der Waals surface area contributed by atoms with Crippen molar-refractivity contribution in [3.63, 3.8) is 0 Å². The molecule has 1 aromatic heterocycles. The van der Waals surface area contributed by atoms with E-state index in [4.69, 9.17) is 4.74 Å². The second kappa shape index (κ2) is 7.56. The van der Waals surface area contributed by atoms with Crippen molar-refractivity contribution < 1.29 is 9.53 Å². The third-order valence-corrected chi connectivity index (χ3v) is 4.95. The first-order chi connectivity index (χ1) is 11.2. The summed E-state index contributed by atoms with van der Waals surface area (Å²) in [6.45, 7) is 1.32. The Balaban J connectivity index is 1.71. The second-order valence-corrected chi connectivity index (χ2v) is 6.45.